The summed E-state index contributed by atoms with van der Waals surface area (Å²) in [4.78, 5) is 7.96. The van der Waals surface area contributed by atoms with Crippen LogP contribution in [0.2, 0.25) is 0 Å². The zero-order valence-corrected chi connectivity index (χ0v) is 14.4. The minimum atomic E-state index is 0.191. The van der Waals surface area contributed by atoms with Crippen LogP contribution in [0.1, 0.15) is 37.4 Å². The van der Waals surface area contributed by atoms with E-state index in [0.29, 0.717) is 6.04 Å². The molecule has 1 unspecified atom stereocenters. The SMILES string of the molecule is CC1CN(C)CCN1Cc1ccc(CNC(C)(C)C)s1. The van der Waals surface area contributed by atoms with Crippen LogP contribution in [0.25, 0.3) is 0 Å². The van der Waals surface area contributed by atoms with Gasteiger partial charge in [0.25, 0.3) is 0 Å². The molecule has 1 saturated heterocycles. The van der Waals surface area contributed by atoms with Gasteiger partial charge in [0.1, 0.15) is 0 Å². The Kier molecular flexibility index (Phi) is 5.24. The molecular formula is C16H29N3S. The lowest BCUT2D eigenvalue weighted by Gasteiger charge is -2.37. The number of nitrogens with one attached hydrogen (secondary N) is 1. The maximum Gasteiger partial charge on any atom is 0.0331 e. The van der Waals surface area contributed by atoms with Crippen LogP contribution in [-0.4, -0.2) is 48.1 Å². The topological polar surface area (TPSA) is 18.5 Å². The number of thiophene rings is 1. The summed E-state index contributed by atoms with van der Waals surface area (Å²) in [5.41, 5.74) is 0.191. The van der Waals surface area contributed by atoms with Crippen LogP contribution in [0.3, 0.4) is 0 Å². The molecule has 1 N–H and O–H groups in total. The van der Waals surface area contributed by atoms with Gasteiger partial charge in [-0.25, -0.2) is 0 Å². The molecule has 0 amide bonds. The Bertz CT molecular complexity index is 422. The minimum absolute atomic E-state index is 0.191. The highest BCUT2D eigenvalue weighted by atomic mass is 32.1. The fraction of sp³-hybridized carbons (Fsp3) is 0.750. The van der Waals surface area contributed by atoms with Crippen molar-refractivity contribution in [1.29, 1.82) is 0 Å². The van der Waals surface area contributed by atoms with Crippen molar-refractivity contribution in [2.45, 2.75) is 52.4 Å². The van der Waals surface area contributed by atoms with Crippen LogP contribution in [0, 0.1) is 0 Å². The minimum Gasteiger partial charge on any atom is -0.307 e. The Morgan fingerprint density at radius 3 is 2.60 bits per heavy atom. The van der Waals surface area contributed by atoms with E-state index in [1.807, 2.05) is 11.3 Å². The second-order valence-electron chi connectivity index (χ2n) is 7.05. The third-order valence-corrected chi connectivity index (χ3v) is 4.91. The third-order valence-electron chi connectivity index (χ3n) is 3.84. The molecule has 114 valence electrons. The van der Waals surface area contributed by atoms with E-state index in [1.165, 1.54) is 29.4 Å². The molecule has 1 fully saturated rings. The lowest BCUT2D eigenvalue weighted by molar-refractivity contribution is 0.0947. The average Bonchev–Trinajstić information content (AvgIpc) is 2.77. The first-order valence-corrected chi connectivity index (χ1v) is 8.40. The molecule has 2 heterocycles. The van der Waals surface area contributed by atoms with Gasteiger partial charge in [0.15, 0.2) is 0 Å². The van der Waals surface area contributed by atoms with Crippen molar-refractivity contribution in [3.8, 4) is 0 Å². The predicted molar refractivity (Wildman–Crippen MR) is 88.3 cm³/mol. The second kappa shape index (κ2) is 6.56. The van der Waals surface area contributed by atoms with Crippen LogP contribution in [-0.2, 0) is 13.1 Å². The highest BCUT2D eigenvalue weighted by molar-refractivity contribution is 7.11. The van der Waals surface area contributed by atoms with Gasteiger partial charge in [-0.1, -0.05) is 0 Å². The zero-order valence-electron chi connectivity index (χ0n) is 13.6. The Morgan fingerprint density at radius 2 is 1.95 bits per heavy atom. The van der Waals surface area contributed by atoms with Gasteiger partial charge in [0, 0.05) is 54.1 Å². The first-order valence-electron chi connectivity index (χ1n) is 7.59. The van der Waals surface area contributed by atoms with Crippen molar-refractivity contribution in [3.63, 3.8) is 0 Å². The van der Waals surface area contributed by atoms with Crippen molar-refractivity contribution < 1.29 is 0 Å². The van der Waals surface area contributed by atoms with Crippen LogP contribution in [0.4, 0.5) is 0 Å². The molecule has 0 aliphatic carbocycles. The van der Waals surface area contributed by atoms with Gasteiger partial charge in [-0.15, -0.1) is 11.3 Å². The van der Waals surface area contributed by atoms with Crippen LogP contribution in [0.5, 0.6) is 0 Å². The Morgan fingerprint density at radius 1 is 1.25 bits per heavy atom. The summed E-state index contributed by atoms with van der Waals surface area (Å²) in [6.45, 7) is 14.6. The third kappa shape index (κ3) is 4.85. The molecule has 3 nitrogen and oxygen atoms in total. The number of rotatable bonds is 4. The maximum atomic E-state index is 3.56. The molecule has 1 aliphatic rings. The highest BCUT2D eigenvalue weighted by Crippen LogP contribution is 2.21. The van der Waals surface area contributed by atoms with Crippen molar-refractivity contribution in [2.24, 2.45) is 0 Å². The second-order valence-corrected chi connectivity index (χ2v) is 8.31. The Balaban J connectivity index is 1.86. The van der Waals surface area contributed by atoms with Gasteiger partial charge in [-0.2, -0.15) is 0 Å². The van der Waals surface area contributed by atoms with Gasteiger partial charge in [0.2, 0.25) is 0 Å². The van der Waals surface area contributed by atoms with E-state index in [4.69, 9.17) is 0 Å². The largest absolute Gasteiger partial charge is 0.307 e. The summed E-state index contributed by atoms with van der Waals surface area (Å²) in [7, 11) is 2.22. The van der Waals surface area contributed by atoms with Gasteiger partial charge < -0.3 is 10.2 Å². The fourth-order valence-electron chi connectivity index (χ4n) is 2.57. The molecule has 0 bridgehead atoms. The van der Waals surface area contributed by atoms with E-state index in [2.05, 4.69) is 62.0 Å². The molecule has 1 aromatic heterocycles. The molecule has 1 aromatic rings. The fourth-order valence-corrected chi connectivity index (χ4v) is 3.55. The number of piperazine rings is 1. The highest BCUT2D eigenvalue weighted by Gasteiger charge is 2.21. The smallest absolute Gasteiger partial charge is 0.0331 e. The maximum absolute atomic E-state index is 3.56. The summed E-state index contributed by atoms with van der Waals surface area (Å²) in [6.07, 6.45) is 0. The Labute approximate surface area is 128 Å². The zero-order chi connectivity index (χ0) is 14.8. The predicted octanol–water partition coefficient (Wildman–Crippen LogP) is 2.77. The first kappa shape index (κ1) is 16.0. The number of likely N-dealkylation sites (N-methyl/N-ethyl adjacent to an activating group) is 1. The number of nitrogens with zero attached hydrogens (tertiary/aromatic N) is 2. The summed E-state index contributed by atoms with van der Waals surface area (Å²) in [5, 5.41) is 3.56. The van der Waals surface area contributed by atoms with Crippen molar-refractivity contribution in [3.05, 3.63) is 21.9 Å². The van der Waals surface area contributed by atoms with Crippen LogP contribution in [0.15, 0.2) is 12.1 Å². The monoisotopic (exact) mass is 295 g/mol. The van der Waals surface area contributed by atoms with Gasteiger partial charge in [-0.3, -0.25) is 4.90 Å². The summed E-state index contributed by atoms with van der Waals surface area (Å²) in [5.74, 6) is 0. The molecule has 1 atom stereocenters. The molecular weight excluding hydrogens is 266 g/mol. The van der Waals surface area contributed by atoms with E-state index < -0.39 is 0 Å². The molecule has 1 aliphatic heterocycles. The molecule has 0 saturated carbocycles. The average molecular weight is 295 g/mol. The van der Waals surface area contributed by atoms with Crippen LogP contribution >= 0.6 is 11.3 Å². The summed E-state index contributed by atoms with van der Waals surface area (Å²) >= 11 is 1.95. The van der Waals surface area contributed by atoms with E-state index >= 15 is 0 Å². The molecule has 2 rings (SSSR count). The Hall–Kier alpha value is -0.420. The van der Waals surface area contributed by atoms with Gasteiger partial charge in [0.05, 0.1) is 0 Å². The number of hydrogen-bond donors (Lipinski definition) is 1. The lowest BCUT2D eigenvalue weighted by atomic mass is 10.1. The molecule has 4 heteroatoms. The van der Waals surface area contributed by atoms with Crippen molar-refractivity contribution >= 4 is 11.3 Å². The normalized spacial score (nSPS) is 22.4. The van der Waals surface area contributed by atoms with Crippen molar-refractivity contribution in [1.82, 2.24) is 15.1 Å². The van der Waals surface area contributed by atoms with Gasteiger partial charge in [-0.05, 0) is 46.9 Å². The molecule has 0 aromatic carbocycles. The molecule has 0 radical (unpaired) electrons. The standard InChI is InChI=1S/C16H29N3S/c1-13-11-18(5)8-9-19(13)12-15-7-6-14(20-15)10-17-16(2,3)4/h6-7,13,17H,8-12H2,1-5H3. The van der Waals surface area contributed by atoms with Crippen molar-refractivity contribution in [2.75, 3.05) is 26.7 Å². The molecule has 20 heavy (non-hydrogen) atoms. The van der Waals surface area contributed by atoms with E-state index in [1.54, 1.807) is 0 Å². The van der Waals surface area contributed by atoms with E-state index in [9.17, 15) is 0 Å². The summed E-state index contributed by atoms with van der Waals surface area (Å²) < 4.78 is 0. The number of hydrogen-bond acceptors (Lipinski definition) is 4. The molecule has 0 spiro atoms. The van der Waals surface area contributed by atoms with Gasteiger partial charge >= 0.3 is 0 Å². The van der Waals surface area contributed by atoms with E-state index in [-0.39, 0.29) is 5.54 Å². The van der Waals surface area contributed by atoms with Crippen LogP contribution < -0.4 is 5.32 Å². The van der Waals surface area contributed by atoms with E-state index in [0.717, 1.165) is 13.1 Å². The summed E-state index contributed by atoms with van der Waals surface area (Å²) in [6, 6.07) is 5.24. The first-order chi connectivity index (χ1) is 9.33. The lowest BCUT2D eigenvalue weighted by Crippen LogP contribution is -2.49. The quantitative estimate of drug-likeness (QED) is 0.921.